The molecule has 17 heavy (non-hydrogen) atoms. The van der Waals surface area contributed by atoms with Gasteiger partial charge in [0.1, 0.15) is 0 Å². The highest BCUT2D eigenvalue weighted by molar-refractivity contribution is 5.77. The van der Waals surface area contributed by atoms with E-state index in [0.29, 0.717) is 39.1 Å². The number of carbonyl (C=O) groups is 2. The zero-order valence-corrected chi connectivity index (χ0v) is 10.5. The molecule has 1 aliphatic rings. The minimum absolute atomic E-state index is 0.0951. The Bertz CT molecular complexity index is 273. The van der Waals surface area contributed by atoms with Crippen LogP contribution in [0.2, 0.25) is 0 Å². The number of esters is 1. The molecule has 2 N–H and O–H groups in total. The van der Waals surface area contributed by atoms with Crippen molar-refractivity contribution in [2.75, 3.05) is 39.8 Å². The van der Waals surface area contributed by atoms with Crippen LogP contribution in [0.1, 0.15) is 13.3 Å². The molecule has 98 valence electrons. The maximum Gasteiger partial charge on any atom is 0.319 e. The molecule has 1 rings (SSSR count). The molecule has 1 aliphatic heterocycles. The highest BCUT2D eigenvalue weighted by atomic mass is 16.5. The average Bonchev–Trinajstić information content (AvgIpc) is 2.28. The molecule has 0 aromatic heterocycles. The van der Waals surface area contributed by atoms with Crippen molar-refractivity contribution in [3.8, 4) is 0 Å². The number of nitrogens with two attached hydrogens (primary N) is 1. The Morgan fingerprint density at radius 2 is 1.88 bits per heavy atom. The van der Waals surface area contributed by atoms with E-state index in [0.717, 1.165) is 0 Å². The first-order valence-electron chi connectivity index (χ1n) is 5.85. The van der Waals surface area contributed by atoms with Crippen LogP contribution in [0, 0.1) is 0 Å². The van der Waals surface area contributed by atoms with Crippen LogP contribution in [0.3, 0.4) is 0 Å². The summed E-state index contributed by atoms with van der Waals surface area (Å²) in [6, 6.07) is -0.101. The van der Waals surface area contributed by atoms with Crippen molar-refractivity contribution in [3.63, 3.8) is 0 Å². The lowest BCUT2D eigenvalue weighted by molar-refractivity contribution is -0.142. The smallest absolute Gasteiger partial charge is 0.319 e. The van der Waals surface area contributed by atoms with Crippen LogP contribution in [0.15, 0.2) is 0 Å². The standard InChI is InChI=1S/C11H21N3O3/c1-9(12)7-10(15)14-5-3-13(4-6-14)8-11(16)17-2/h9H,3-8,12H2,1-2H3. The van der Waals surface area contributed by atoms with Gasteiger partial charge >= 0.3 is 5.97 Å². The lowest BCUT2D eigenvalue weighted by atomic mass is 10.2. The lowest BCUT2D eigenvalue weighted by Crippen LogP contribution is -2.50. The Morgan fingerprint density at radius 3 is 2.35 bits per heavy atom. The zero-order valence-electron chi connectivity index (χ0n) is 10.5. The Labute approximate surface area is 102 Å². The summed E-state index contributed by atoms with van der Waals surface area (Å²) in [6.07, 6.45) is 0.386. The number of nitrogens with zero attached hydrogens (tertiary/aromatic N) is 2. The fourth-order valence-corrected chi connectivity index (χ4v) is 1.81. The van der Waals surface area contributed by atoms with Gasteiger partial charge in [-0.3, -0.25) is 14.5 Å². The molecule has 1 heterocycles. The maximum atomic E-state index is 11.7. The van der Waals surface area contributed by atoms with Gasteiger partial charge in [-0.25, -0.2) is 0 Å². The van der Waals surface area contributed by atoms with Gasteiger partial charge in [-0.05, 0) is 6.92 Å². The fourth-order valence-electron chi connectivity index (χ4n) is 1.81. The summed E-state index contributed by atoms with van der Waals surface area (Å²) < 4.78 is 4.60. The minimum atomic E-state index is -0.236. The van der Waals surface area contributed by atoms with Gasteiger partial charge in [0.15, 0.2) is 0 Å². The first-order valence-corrected chi connectivity index (χ1v) is 5.85. The van der Waals surface area contributed by atoms with Crippen LogP contribution in [0.4, 0.5) is 0 Å². The molecular weight excluding hydrogens is 222 g/mol. The van der Waals surface area contributed by atoms with Gasteiger partial charge in [-0.1, -0.05) is 0 Å². The summed E-state index contributed by atoms with van der Waals surface area (Å²) in [7, 11) is 1.38. The number of hydrogen-bond acceptors (Lipinski definition) is 5. The van der Waals surface area contributed by atoms with Crippen LogP contribution in [0.5, 0.6) is 0 Å². The lowest BCUT2D eigenvalue weighted by Gasteiger charge is -2.34. The second kappa shape index (κ2) is 6.56. The van der Waals surface area contributed by atoms with E-state index >= 15 is 0 Å². The van der Waals surface area contributed by atoms with Crippen LogP contribution in [-0.2, 0) is 14.3 Å². The first-order chi connectivity index (χ1) is 8.02. The normalized spacial score (nSPS) is 18.9. The summed E-state index contributed by atoms with van der Waals surface area (Å²) in [4.78, 5) is 26.6. The molecule has 6 heteroatoms. The molecule has 0 bridgehead atoms. The van der Waals surface area contributed by atoms with E-state index in [1.54, 1.807) is 4.90 Å². The molecule has 0 aromatic carbocycles. The third-order valence-electron chi connectivity index (χ3n) is 2.80. The fraction of sp³-hybridized carbons (Fsp3) is 0.818. The van der Waals surface area contributed by atoms with Crippen molar-refractivity contribution >= 4 is 11.9 Å². The Hall–Kier alpha value is -1.14. The van der Waals surface area contributed by atoms with Crippen LogP contribution in [-0.4, -0.2) is 67.6 Å². The largest absolute Gasteiger partial charge is 0.468 e. The van der Waals surface area contributed by atoms with Gasteiger partial charge in [0, 0.05) is 38.6 Å². The molecule has 0 aliphatic carbocycles. The monoisotopic (exact) mass is 243 g/mol. The molecule has 0 saturated carbocycles. The SMILES string of the molecule is COC(=O)CN1CCN(C(=O)CC(C)N)CC1. The summed E-state index contributed by atoms with van der Waals surface area (Å²) in [6.45, 7) is 4.85. The van der Waals surface area contributed by atoms with Crippen molar-refractivity contribution in [1.29, 1.82) is 0 Å². The van der Waals surface area contributed by atoms with Gasteiger partial charge in [-0.2, -0.15) is 0 Å². The van der Waals surface area contributed by atoms with E-state index in [-0.39, 0.29) is 17.9 Å². The number of carbonyl (C=O) groups excluding carboxylic acids is 2. The van der Waals surface area contributed by atoms with E-state index in [4.69, 9.17) is 5.73 Å². The Balaban J connectivity index is 2.30. The number of amides is 1. The topological polar surface area (TPSA) is 75.9 Å². The Morgan fingerprint density at radius 1 is 1.29 bits per heavy atom. The van der Waals surface area contributed by atoms with E-state index in [9.17, 15) is 9.59 Å². The molecule has 0 spiro atoms. The molecule has 1 atom stereocenters. The predicted octanol–water partition coefficient (Wildman–Crippen LogP) is -0.959. The summed E-state index contributed by atoms with van der Waals surface area (Å²) in [5.41, 5.74) is 5.59. The summed E-state index contributed by atoms with van der Waals surface area (Å²) >= 11 is 0. The van der Waals surface area contributed by atoms with Gasteiger partial charge in [0.05, 0.1) is 13.7 Å². The molecule has 0 aromatic rings. The van der Waals surface area contributed by atoms with E-state index < -0.39 is 0 Å². The van der Waals surface area contributed by atoms with E-state index in [2.05, 4.69) is 4.74 Å². The molecule has 1 saturated heterocycles. The molecular formula is C11H21N3O3. The van der Waals surface area contributed by atoms with Gasteiger partial charge in [0.25, 0.3) is 0 Å². The molecule has 0 radical (unpaired) electrons. The van der Waals surface area contributed by atoms with Crippen molar-refractivity contribution < 1.29 is 14.3 Å². The number of hydrogen-bond donors (Lipinski definition) is 1. The number of rotatable bonds is 4. The first kappa shape index (κ1) is 13.9. The Kier molecular flexibility index (Phi) is 5.37. The van der Waals surface area contributed by atoms with E-state index in [1.165, 1.54) is 7.11 Å². The zero-order chi connectivity index (χ0) is 12.8. The quantitative estimate of drug-likeness (QED) is 0.644. The molecule has 1 fully saturated rings. The van der Waals surface area contributed by atoms with Gasteiger partial charge in [-0.15, -0.1) is 0 Å². The van der Waals surface area contributed by atoms with Crippen LogP contribution < -0.4 is 5.73 Å². The molecule has 1 amide bonds. The summed E-state index contributed by atoms with van der Waals surface area (Å²) in [5, 5.41) is 0. The number of piperazine rings is 1. The predicted molar refractivity (Wildman–Crippen MR) is 63.3 cm³/mol. The number of methoxy groups -OCH3 is 1. The minimum Gasteiger partial charge on any atom is -0.468 e. The van der Waals surface area contributed by atoms with Crippen molar-refractivity contribution in [3.05, 3.63) is 0 Å². The van der Waals surface area contributed by atoms with Gasteiger partial charge < -0.3 is 15.4 Å². The molecule has 1 unspecified atom stereocenters. The van der Waals surface area contributed by atoms with Crippen molar-refractivity contribution in [2.45, 2.75) is 19.4 Å². The maximum absolute atomic E-state index is 11.7. The second-order valence-corrected chi connectivity index (χ2v) is 4.41. The average molecular weight is 243 g/mol. The molecule has 6 nitrogen and oxygen atoms in total. The van der Waals surface area contributed by atoms with Crippen molar-refractivity contribution in [1.82, 2.24) is 9.80 Å². The third-order valence-corrected chi connectivity index (χ3v) is 2.80. The van der Waals surface area contributed by atoms with E-state index in [1.807, 2.05) is 11.8 Å². The summed E-state index contributed by atoms with van der Waals surface area (Å²) in [5.74, 6) is -0.141. The number of ether oxygens (including phenoxy) is 1. The van der Waals surface area contributed by atoms with Crippen LogP contribution in [0.25, 0.3) is 0 Å². The van der Waals surface area contributed by atoms with Crippen molar-refractivity contribution in [2.24, 2.45) is 5.73 Å². The highest BCUT2D eigenvalue weighted by Crippen LogP contribution is 2.04. The highest BCUT2D eigenvalue weighted by Gasteiger charge is 2.22. The van der Waals surface area contributed by atoms with Crippen LogP contribution >= 0.6 is 0 Å². The second-order valence-electron chi connectivity index (χ2n) is 4.41. The van der Waals surface area contributed by atoms with Gasteiger partial charge in [0.2, 0.25) is 5.91 Å². The third kappa shape index (κ3) is 4.70.